The van der Waals surface area contributed by atoms with Gasteiger partial charge in [0.1, 0.15) is 0 Å². The van der Waals surface area contributed by atoms with Crippen LogP contribution in [0.3, 0.4) is 0 Å². The Morgan fingerprint density at radius 1 is 1.53 bits per heavy atom. The van der Waals surface area contributed by atoms with Crippen molar-refractivity contribution in [2.75, 3.05) is 19.7 Å². The molecule has 0 radical (unpaired) electrons. The molecule has 0 aliphatic heterocycles. The van der Waals surface area contributed by atoms with E-state index in [1.807, 2.05) is 6.92 Å². The highest BCUT2D eigenvalue weighted by atomic mass is 16.3. The van der Waals surface area contributed by atoms with Crippen molar-refractivity contribution in [1.82, 2.24) is 4.90 Å². The maximum absolute atomic E-state index is 9.02. The van der Waals surface area contributed by atoms with Crippen LogP contribution in [0.25, 0.3) is 0 Å². The first-order valence-electron chi connectivity index (χ1n) is 5.84. The lowest BCUT2D eigenvalue weighted by atomic mass is 10.1. The lowest BCUT2D eigenvalue weighted by Gasteiger charge is -2.30. The van der Waals surface area contributed by atoms with Gasteiger partial charge in [0.25, 0.3) is 0 Å². The molecule has 88 valence electrons. The first kappa shape index (κ1) is 12.5. The van der Waals surface area contributed by atoms with Gasteiger partial charge in [0, 0.05) is 25.0 Å². The first-order valence-corrected chi connectivity index (χ1v) is 5.84. The summed E-state index contributed by atoms with van der Waals surface area (Å²) in [5, 5.41) is 16.4. The van der Waals surface area contributed by atoms with E-state index in [1.54, 1.807) is 0 Å². The molecule has 0 aromatic rings. The summed E-state index contributed by atoms with van der Waals surface area (Å²) in [6.07, 6.45) is 5.04. The van der Waals surface area contributed by atoms with Crippen molar-refractivity contribution in [1.29, 1.82) is 5.41 Å². The van der Waals surface area contributed by atoms with Crippen LogP contribution in [-0.4, -0.2) is 41.6 Å². The second-order valence-electron chi connectivity index (χ2n) is 4.51. The standard InChI is InChI=1S/C11H23N3O/c1-9(11(12)13)8-14(6-7-15)10-4-2-3-5-10/h9-10,15H,2-8H2,1H3,(H3,12,13). The SMILES string of the molecule is CC(CN(CCO)C1CCCC1)C(=N)N. The summed E-state index contributed by atoms with van der Waals surface area (Å²) in [5.74, 6) is 0.341. The maximum Gasteiger partial charge on any atom is 0.0947 e. The smallest absolute Gasteiger partial charge is 0.0947 e. The molecule has 1 atom stereocenters. The van der Waals surface area contributed by atoms with Gasteiger partial charge in [-0.1, -0.05) is 19.8 Å². The van der Waals surface area contributed by atoms with E-state index in [0.717, 1.165) is 6.54 Å². The van der Waals surface area contributed by atoms with Crippen LogP contribution in [0.2, 0.25) is 0 Å². The van der Waals surface area contributed by atoms with E-state index in [9.17, 15) is 0 Å². The van der Waals surface area contributed by atoms with Gasteiger partial charge in [-0.25, -0.2) is 0 Å². The number of aliphatic hydroxyl groups excluding tert-OH is 1. The summed E-state index contributed by atoms with van der Waals surface area (Å²) < 4.78 is 0. The lowest BCUT2D eigenvalue weighted by Crippen LogP contribution is -2.41. The van der Waals surface area contributed by atoms with Crippen molar-refractivity contribution in [3.8, 4) is 0 Å². The molecule has 1 aliphatic carbocycles. The third-order valence-corrected chi connectivity index (χ3v) is 3.27. The summed E-state index contributed by atoms with van der Waals surface area (Å²) in [5.41, 5.74) is 5.47. The van der Waals surface area contributed by atoms with Gasteiger partial charge >= 0.3 is 0 Å². The van der Waals surface area contributed by atoms with Crippen LogP contribution in [-0.2, 0) is 0 Å². The van der Waals surface area contributed by atoms with Crippen LogP contribution in [0.4, 0.5) is 0 Å². The molecule has 1 unspecified atom stereocenters. The zero-order valence-corrected chi connectivity index (χ0v) is 9.58. The van der Waals surface area contributed by atoms with Gasteiger partial charge in [0.15, 0.2) is 0 Å². The first-order chi connectivity index (χ1) is 7.15. The molecule has 0 heterocycles. The number of nitrogens with one attached hydrogen (secondary N) is 1. The number of aliphatic hydroxyl groups is 1. The van der Waals surface area contributed by atoms with Gasteiger partial charge < -0.3 is 10.8 Å². The number of rotatable bonds is 6. The molecule has 0 aromatic heterocycles. The van der Waals surface area contributed by atoms with Crippen molar-refractivity contribution in [3.63, 3.8) is 0 Å². The molecule has 0 aromatic carbocycles. The number of hydrogen-bond donors (Lipinski definition) is 3. The predicted octanol–water partition coefficient (Wildman–Crippen LogP) is 0.795. The third-order valence-electron chi connectivity index (χ3n) is 3.27. The summed E-state index contributed by atoms with van der Waals surface area (Å²) in [6.45, 7) is 3.69. The minimum atomic E-state index is 0.0946. The van der Waals surface area contributed by atoms with E-state index in [0.29, 0.717) is 12.6 Å². The minimum Gasteiger partial charge on any atom is -0.395 e. The van der Waals surface area contributed by atoms with Gasteiger partial charge in [-0.3, -0.25) is 10.3 Å². The van der Waals surface area contributed by atoms with Crippen LogP contribution >= 0.6 is 0 Å². The van der Waals surface area contributed by atoms with E-state index >= 15 is 0 Å². The van der Waals surface area contributed by atoms with E-state index in [1.165, 1.54) is 25.7 Å². The molecule has 0 saturated heterocycles. The molecular formula is C11H23N3O. The lowest BCUT2D eigenvalue weighted by molar-refractivity contribution is 0.144. The van der Waals surface area contributed by atoms with Gasteiger partial charge in [0.2, 0.25) is 0 Å². The van der Waals surface area contributed by atoms with Crippen LogP contribution in [0, 0.1) is 11.3 Å². The zero-order valence-electron chi connectivity index (χ0n) is 9.58. The van der Waals surface area contributed by atoms with Crippen molar-refractivity contribution >= 4 is 5.84 Å². The van der Waals surface area contributed by atoms with E-state index in [-0.39, 0.29) is 18.4 Å². The average Bonchev–Trinajstić information content (AvgIpc) is 2.69. The molecule has 15 heavy (non-hydrogen) atoms. The van der Waals surface area contributed by atoms with E-state index in [2.05, 4.69) is 4.90 Å². The Hall–Kier alpha value is -0.610. The van der Waals surface area contributed by atoms with E-state index < -0.39 is 0 Å². The number of nitrogens with zero attached hydrogens (tertiary/aromatic N) is 1. The van der Waals surface area contributed by atoms with Gasteiger partial charge in [0.05, 0.1) is 12.4 Å². The topological polar surface area (TPSA) is 73.3 Å². The number of hydrogen-bond acceptors (Lipinski definition) is 3. The fourth-order valence-electron chi connectivity index (χ4n) is 2.27. The zero-order chi connectivity index (χ0) is 11.3. The van der Waals surface area contributed by atoms with Crippen molar-refractivity contribution in [2.24, 2.45) is 11.7 Å². The van der Waals surface area contributed by atoms with Crippen molar-refractivity contribution < 1.29 is 5.11 Å². The Bertz CT molecular complexity index is 202. The average molecular weight is 213 g/mol. The Kier molecular flexibility index (Phi) is 5.05. The molecule has 4 nitrogen and oxygen atoms in total. The van der Waals surface area contributed by atoms with Crippen LogP contribution in [0.15, 0.2) is 0 Å². The summed E-state index contributed by atoms with van der Waals surface area (Å²) >= 11 is 0. The van der Waals surface area contributed by atoms with E-state index in [4.69, 9.17) is 16.2 Å². The summed E-state index contributed by atoms with van der Waals surface area (Å²) in [6, 6.07) is 0.596. The Balaban J connectivity index is 2.45. The molecule has 4 heteroatoms. The monoisotopic (exact) mass is 213 g/mol. The molecule has 1 rings (SSSR count). The van der Waals surface area contributed by atoms with Crippen LogP contribution in [0.1, 0.15) is 32.6 Å². The highest BCUT2D eigenvalue weighted by Gasteiger charge is 2.23. The Morgan fingerprint density at radius 2 is 2.13 bits per heavy atom. The molecule has 1 fully saturated rings. The Morgan fingerprint density at radius 3 is 2.60 bits per heavy atom. The van der Waals surface area contributed by atoms with Crippen LogP contribution < -0.4 is 5.73 Å². The molecule has 0 amide bonds. The second-order valence-corrected chi connectivity index (χ2v) is 4.51. The van der Waals surface area contributed by atoms with Crippen molar-refractivity contribution in [2.45, 2.75) is 38.6 Å². The van der Waals surface area contributed by atoms with Gasteiger partial charge in [-0.2, -0.15) is 0 Å². The summed E-state index contributed by atoms with van der Waals surface area (Å²) in [4.78, 5) is 2.29. The number of nitrogens with two attached hydrogens (primary N) is 1. The van der Waals surface area contributed by atoms with Crippen molar-refractivity contribution in [3.05, 3.63) is 0 Å². The molecule has 0 spiro atoms. The highest BCUT2D eigenvalue weighted by Crippen LogP contribution is 2.23. The fraction of sp³-hybridized carbons (Fsp3) is 0.909. The highest BCUT2D eigenvalue weighted by molar-refractivity contribution is 5.79. The fourth-order valence-corrected chi connectivity index (χ4v) is 2.27. The molecule has 4 N–H and O–H groups in total. The summed E-state index contributed by atoms with van der Waals surface area (Å²) in [7, 11) is 0. The number of amidine groups is 1. The largest absolute Gasteiger partial charge is 0.395 e. The molecule has 0 bridgehead atoms. The normalized spacial score (nSPS) is 19.7. The van der Waals surface area contributed by atoms with Gasteiger partial charge in [-0.05, 0) is 12.8 Å². The minimum absolute atomic E-state index is 0.0946. The molecular weight excluding hydrogens is 190 g/mol. The molecule has 1 aliphatic rings. The molecule has 1 saturated carbocycles. The van der Waals surface area contributed by atoms with Gasteiger partial charge in [-0.15, -0.1) is 0 Å². The quantitative estimate of drug-likeness (QED) is 0.451. The Labute approximate surface area is 92.0 Å². The maximum atomic E-state index is 9.02. The van der Waals surface area contributed by atoms with Crippen LogP contribution in [0.5, 0.6) is 0 Å². The second kappa shape index (κ2) is 6.08. The third kappa shape index (κ3) is 3.80. The predicted molar refractivity (Wildman–Crippen MR) is 62.0 cm³/mol.